The SMILES string of the molecule is C.CC(C)C#CCOCCCCCC(C)C. The van der Waals surface area contributed by atoms with Crippen LogP contribution in [0.2, 0.25) is 0 Å². The largest absolute Gasteiger partial charge is 0.369 e. The van der Waals surface area contributed by atoms with E-state index in [0.717, 1.165) is 12.5 Å². The summed E-state index contributed by atoms with van der Waals surface area (Å²) in [4.78, 5) is 0. The Kier molecular flexibility index (Phi) is 14.1. The Hall–Kier alpha value is -0.480. The lowest BCUT2D eigenvalue weighted by Gasteiger charge is -2.03. The summed E-state index contributed by atoms with van der Waals surface area (Å²) in [6, 6.07) is 0. The molecule has 0 amide bonds. The van der Waals surface area contributed by atoms with E-state index in [-0.39, 0.29) is 7.43 Å². The van der Waals surface area contributed by atoms with Gasteiger partial charge in [0.05, 0.1) is 0 Å². The Bertz CT molecular complexity index is 183. The van der Waals surface area contributed by atoms with Gasteiger partial charge in [0.1, 0.15) is 6.61 Å². The van der Waals surface area contributed by atoms with Gasteiger partial charge in [0, 0.05) is 12.5 Å². The molecule has 0 aromatic rings. The van der Waals surface area contributed by atoms with Crippen molar-refractivity contribution in [3.63, 3.8) is 0 Å². The van der Waals surface area contributed by atoms with Gasteiger partial charge < -0.3 is 4.74 Å². The molecule has 0 fully saturated rings. The fourth-order valence-electron chi connectivity index (χ4n) is 1.30. The highest BCUT2D eigenvalue weighted by Crippen LogP contribution is 2.07. The summed E-state index contributed by atoms with van der Waals surface area (Å²) in [5.41, 5.74) is 0. The Morgan fingerprint density at radius 1 is 1.00 bits per heavy atom. The molecule has 0 heterocycles. The van der Waals surface area contributed by atoms with Crippen LogP contribution in [0.3, 0.4) is 0 Å². The quantitative estimate of drug-likeness (QED) is 0.458. The lowest BCUT2D eigenvalue weighted by molar-refractivity contribution is 0.161. The van der Waals surface area contributed by atoms with E-state index in [1.807, 2.05) is 0 Å². The van der Waals surface area contributed by atoms with Crippen molar-refractivity contribution in [2.45, 2.75) is 60.8 Å². The maximum absolute atomic E-state index is 5.42. The van der Waals surface area contributed by atoms with Crippen molar-refractivity contribution in [1.82, 2.24) is 0 Å². The molecule has 0 bridgehead atoms. The molecule has 0 atom stereocenters. The zero-order valence-corrected chi connectivity index (χ0v) is 10.8. The lowest BCUT2D eigenvalue weighted by atomic mass is 10.1. The maximum Gasteiger partial charge on any atom is 0.107 e. The van der Waals surface area contributed by atoms with Gasteiger partial charge >= 0.3 is 0 Å². The van der Waals surface area contributed by atoms with Crippen LogP contribution in [0.25, 0.3) is 0 Å². The zero-order valence-electron chi connectivity index (χ0n) is 10.8. The van der Waals surface area contributed by atoms with Gasteiger partial charge in [-0.25, -0.2) is 0 Å². The summed E-state index contributed by atoms with van der Waals surface area (Å²) in [5.74, 6) is 7.40. The van der Waals surface area contributed by atoms with Crippen LogP contribution in [0.15, 0.2) is 0 Å². The second-order valence-electron chi connectivity index (χ2n) is 4.77. The molecule has 96 valence electrons. The first-order chi connectivity index (χ1) is 7.13. The summed E-state index contributed by atoms with van der Waals surface area (Å²) < 4.78 is 5.42. The minimum Gasteiger partial charge on any atom is -0.369 e. The molecule has 0 N–H and O–H groups in total. The second kappa shape index (κ2) is 12.6. The van der Waals surface area contributed by atoms with Crippen LogP contribution in [0.4, 0.5) is 0 Å². The first-order valence-corrected chi connectivity index (χ1v) is 6.19. The summed E-state index contributed by atoms with van der Waals surface area (Å²) >= 11 is 0. The van der Waals surface area contributed by atoms with Gasteiger partial charge in [-0.3, -0.25) is 0 Å². The number of hydrogen-bond acceptors (Lipinski definition) is 1. The fourth-order valence-corrected chi connectivity index (χ4v) is 1.30. The number of unbranched alkanes of at least 4 members (excludes halogenated alkanes) is 2. The van der Waals surface area contributed by atoms with Crippen molar-refractivity contribution in [2.24, 2.45) is 11.8 Å². The number of hydrogen-bond donors (Lipinski definition) is 0. The van der Waals surface area contributed by atoms with Gasteiger partial charge in [0.25, 0.3) is 0 Å². The summed E-state index contributed by atoms with van der Waals surface area (Å²) in [6.45, 7) is 10.2. The molecule has 1 nitrogen and oxygen atoms in total. The van der Waals surface area contributed by atoms with Crippen LogP contribution in [0.1, 0.15) is 60.8 Å². The smallest absolute Gasteiger partial charge is 0.107 e. The number of ether oxygens (including phenoxy) is 1. The molecule has 16 heavy (non-hydrogen) atoms. The van der Waals surface area contributed by atoms with E-state index in [0.29, 0.717) is 12.5 Å². The van der Waals surface area contributed by atoms with Crippen LogP contribution < -0.4 is 0 Å². The normalized spacial score (nSPS) is 9.88. The van der Waals surface area contributed by atoms with Crippen molar-refractivity contribution < 1.29 is 4.74 Å². The van der Waals surface area contributed by atoms with Crippen LogP contribution in [-0.4, -0.2) is 13.2 Å². The molecule has 0 saturated carbocycles. The molecule has 0 aromatic heterocycles. The second-order valence-corrected chi connectivity index (χ2v) is 4.77. The average molecular weight is 226 g/mol. The van der Waals surface area contributed by atoms with E-state index in [9.17, 15) is 0 Å². The molecule has 0 aromatic carbocycles. The van der Waals surface area contributed by atoms with E-state index in [4.69, 9.17) is 4.74 Å². The first-order valence-electron chi connectivity index (χ1n) is 6.19. The third-order valence-corrected chi connectivity index (χ3v) is 2.14. The van der Waals surface area contributed by atoms with Crippen LogP contribution >= 0.6 is 0 Å². The number of rotatable bonds is 7. The van der Waals surface area contributed by atoms with Gasteiger partial charge in [0.2, 0.25) is 0 Å². The highest BCUT2D eigenvalue weighted by Gasteiger charge is 1.93. The van der Waals surface area contributed by atoms with Crippen molar-refractivity contribution in [3.05, 3.63) is 0 Å². The molecular weight excluding hydrogens is 196 g/mol. The Morgan fingerprint density at radius 2 is 1.69 bits per heavy atom. The van der Waals surface area contributed by atoms with E-state index < -0.39 is 0 Å². The van der Waals surface area contributed by atoms with Crippen LogP contribution in [0.5, 0.6) is 0 Å². The van der Waals surface area contributed by atoms with Gasteiger partial charge in [-0.05, 0) is 12.3 Å². The Balaban J connectivity index is 0. The van der Waals surface area contributed by atoms with Gasteiger partial charge in [-0.2, -0.15) is 0 Å². The third-order valence-electron chi connectivity index (χ3n) is 2.14. The highest BCUT2D eigenvalue weighted by atomic mass is 16.5. The molecular formula is C15H30O. The molecule has 0 unspecified atom stereocenters. The third kappa shape index (κ3) is 16.0. The summed E-state index contributed by atoms with van der Waals surface area (Å²) in [5, 5.41) is 0. The van der Waals surface area contributed by atoms with Gasteiger partial charge in [-0.15, -0.1) is 0 Å². The van der Waals surface area contributed by atoms with Gasteiger partial charge in [-0.1, -0.05) is 66.2 Å². The molecule has 0 spiro atoms. The molecule has 0 aliphatic heterocycles. The molecule has 0 rings (SSSR count). The van der Waals surface area contributed by atoms with Crippen LogP contribution in [-0.2, 0) is 4.74 Å². The predicted molar refractivity (Wildman–Crippen MR) is 73.5 cm³/mol. The van der Waals surface area contributed by atoms with E-state index in [1.54, 1.807) is 0 Å². The van der Waals surface area contributed by atoms with Crippen molar-refractivity contribution in [1.29, 1.82) is 0 Å². The van der Waals surface area contributed by atoms with Gasteiger partial charge in [0.15, 0.2) is 0 Å². The first kappa shape index (κ1) is 17.9. The van der Waals surface area contributed by atoms with Crippen LogP contribution in [0, 0.1) is 23.7 Å². The zero-order chi connectivity index (χ0) is 11.5. The Morgan fingerprint density at radius 3 is 2.25 bits per heavy atom. The van der Waals surface area contributed by atoms with Crippen molar-refractivity contribution in [3.8, 4) is 11.8 Å². The Labute approximate surface area is 103 Å². The van der Waals surface area contributed by atoms with Crippen molar-refractivity contribution in [2.75, 3.05) is 13.2 Å². The maximum atomic E-state index is 5.42. The minimum absolute atomic E-state index is 0. The van der Waals surface area contributed by atoms with E-state index >= 15 is 0 Å². The monoisotopic (exact) mass is 226 g/mol. The predicted octanol–water partition coefficient (Wildman–Crippen LogP) is 4.51. The topological polar surface area (TPSA) is 9.23 Å². The lowest BCUT2D eigenvalue weighted by Crippen LogP contribution is -1.96. The van der Waals surface area contributed by atoms with E-state index in [2.05, 4.69) is 39.5 Å². The molecule has 0 radical (unpaired) electrons. The molecule has 0 aliphatic carbocycles. The minimum atomic E-state index is 0. The van der Waals surface area contributed by atoms with Crippen molar-refractivity contribution >= 4 is 0 Å². The summed E-state index contributed by atoms with van der Waals surface area (Å²) in [6.07, 6.45) is 5.14. The van der Waals surface area contributed by atoms with E-state index in [1.165, 1.54) is 25.7 Å². The molecule has 0 saturated heterocycles. The average Bonchev–Trinajstić information content (AvgIpc) is 2.14. The molecule has 0 aliphatic rings. The summed E-state index contributed by atoms with van der Waals surface area (Å²) in [7, 11) is 0. The highest BCUT2D eigenvalue weighted by molar-refractivity contribution is 5.01. The molecule has 1 heteroatoms. The fraction of sp³-hybridized carbons (Fsp3) is 0.867. The standard InChI is InChI=1S/C14H26O.CH4/c1-13(2)9-6-5-7-11-15-12-8-10-14(3)4;/h13-14H,5-7,9,11-12H2,1-4H3;1H4.